The number of ether oxygens (including phenoxy) is 2. The van der Waals surface area contributed by atoms with Crippen molar-refractivity contribution in [2.75, 3.05) is 7.11 Å². The van der Waals surface area contributed by atoms with E-state index in [1.54, 1.807) is 24.3 Å². The molecule has 3 rings (SSSR count). The maximum Gasteiger partial charge on any atom is 0.344 e. The minimum absolute atomic E-state index is 0.312. The van der Waals surface area contributed by atoms with Gasteiger partial charge in [0.05, 0.1) is 23.7 Å². The molecule has 136 valence electrons. The van der Waals surface area contributed by atoms with Gasteiger partial charge in [-0.1, -0.05) is 18.2 Å². The summed E-state index contributed by atoms with van der Waals surface area (Å²) in [4.78, 5) is 18.5. The molecule has 27 heavy (non-hydrogen) atoms. The number of imidazole rings is 1. The number of benzene rings is 2. The van der Waals surface area contributed by atoms with Crippen LogP contribution in [0.2, 0.25) is 0 Å². The zero-order valence-electron chi connectivity index (χ0n) is 14.8. The monoisotopic (exact) mass is 363 g/mol. The Labute approximate surface area is 155 Å². The Morgan fingerprint density at radius 1 is 1.30 bits per heavy atom. The van der Waals surface area contributed by atoms with Crippen LogP contribution in [0.25, 0.3) is 22.7 Å². The second-order valence-corrected chi connectivity index (χ2v) is 5.78. The average Bonchev–Trinajstić information content (AvgIpc) is 3.10. The van der Waals surface area contributed by atoms with Gasteiger partial charge in [-0.05, 0) is 42.8 Å². The zero-order valence-corrected chi connectivity index (χ0v) is 14.8. The van der Waals surface area contributed by atoms with Gasteiger partial charge in [-0.3, -0.25) is 0 Å². The number of rotatable bonds is 6. The Balaban J connectivity index is 1.94. The second-order valence-electron chi connectivity index (χ2n) is 5.78. The molecule has 0 aliphatic rings. The molecule has 0 amide bonds. The van der Waals surface area contributed by atoms with Crippen molar-refractivity contribution in [3.05, 3.63) is 53.9 Å². The van der Waals surface area contributed by atoms with Crippen molar-refractivity contribution in [3.8, 4) is 17.6 Å². The molecule has 7 nitrogen and oxygen atoms in total. The lowest BCUT2D eigenvalue weighted by atomic mass is 10.1. The number of fused-ring (bicyclic) bond motifs is 1. The highest BCUT2D eigenvalue weighted by atomic mass is 16.5. The molecule has 0 aliphatic carbocycles. The van der Waals surface area contributed by atoms with Crippen LogP contribution in [-0.2, 0) is 4.79 Å². The first-order valence-corrected chi connectivity index (χ1v) is 8.16. The Morgan fingerprint density at radius 3 is 2.74 bits per heavy atom. The van der Waals surface area contributed by atoms with Crippen molar-refractivity contribution in [1.82, 2.24) is 9.97 Å². The van der Waals surface area contributed by atoms with Crippen LogP contribution in [0.15, 0.2) is 42.5 Å². The smallest absolute Gasteiger partial charge is 0.344 e. The van der Waals surface area contributed by atoms with Crippen LogP contribution in [0, 0.1) is 11.3 Å². The fourth-order valence-electron chi connectivity index (χ4n) is 2.51. The van der Waals surface area contributed by atoms with E-state index in [9.17, 15) is 10.1 Å². The lowest BCUT2D eigenvalue weighted by Crippen LogP contribution is -2.23. The third kappa shape index (κ3) is 3.90. The maximum atomic E-state index is 11.0. The van der Waals surface area contributed by atoms with Crippen LogP contribution in [0.1, 0.15) is 18.3 Å². The number of carboxylic acid groups (broad SMARTS) is 1. The van der Waals surface area contributed by atoms with Gasteiger partial charge in [-0.2, -0.15) is 5.26 Å². The Morgan fingerprint density at radius 2 is 2.07 bits per heavy atom. The highest BCUT2D eigenvalue weighted by molar-refractivity contribution is 5.90. The molecule has 0 radical (unpaired) electrons. The Hall–Kier alpha value is -3.79. The standard InChI is InChI=1S/C20H17N3O4/c1-12(20(24)25)27-17-8-7-13(10-18(17)26-2)9-14(11-21)19-22-15-5-3-4-6-16(15)23-19/h3-10,12H,1-2H3,(H,22,23)(H,24,25). The summed E-state index contributed by atoms with van der Waals surface area (Å²) >= 11 is 0. The quantitative estimate of drug-likeness (QED) is 0.649. The Bertz CT molecular complexity index is 1030. The number of nitriles is 1. The van der Waals surface area contributed by atoms with E-state index in [1.165, 1.54) is 14.0 Å². The van der Waals surface area contributed by atoms with Crippen molar-refractivity contribution in [1.29, 1.82) is 5.26 Å². The normalized spacial score (nSPS) is 12.4. The molecule has 0 saturated carbocycles. The van der Waals surface area contributed by atoms with Crippen LogP contribution in [0.4, 0.5) is 0 Å². The fourth-order valence-corrected chi connectivity index (χ4v) is 2.51. The van der Waals surface area contributed by atoms with Gasteiger partial charge in [0.2, 0.25) is 0 Å². The second kappa shape index (κ2) is 7.62. The lowest BCUT2D eigenvalue weighted by Gasteiger charge is -2.14. The van der Waals surface area contributed by atoms with Crippen molar-refractivity contribution in [2.24, 2.45) is 0 Å². The first-order chi connectivity index (χ1) is 13.0. The van der Waals surface area contributed by atoms with Gasteiger partial charge in [0.1, 0.15) is 11.9 Å². The van der Waals surface area contributed by atoms with E-state index < -0.39 is 12.1 Å². The molecular weight excluding hydrogens is 346 g/mol. The van der Waals surface area contributed by atoms with Crippen LogP contribution >= 0.6 is 0 Å². The van der Waals surface area contributed by atoms with Crippen LogP contribution in [-0.4, -0.2) is 34.3 Å². The van der Waals surface area contributed by atoms with Gasteiger partial charge in [0.25, 0.3) is 0 Å². The SMILES string of the molecule is COc1cc(C=C(C#N)c2nc3ccccc3[nH]2)ccc1OC(C)C(=O)O. The number of H-pyrrole nitrogens is 1. The molecule has 2 N–H and O–H groups in total. The molecule has 0 fully saturated rings. The van der Waals surface area contributed by atoms with E-state index >= 15 is 0 Å². The predicted molar refractivity (Wildman–Crippen MR) is 100 cm³/mol. The fraction of sp³-hybridized carbons (Fsp3) is 0.150. The molecular formula is C20H17N3O4. The number of aliphatic carboxylic acids is 1. The number of hydrogen-bond donors (Lipinski definition) is 2. The maximum absolute atomic E-state index is 11.0. The lowest BCUT2D eigenvalue weighted by molar-refractivity contribution is -0.144. The molecule has 0 bridgehead atoms. The van der Waals surface area contributed by atoms with Crippen LogP contribution in [0.5, 0.6) is 11.5 Å². The third-order valence-corrected chi connectivity index (χ3v) is 3.92. The van der Waals surface area contributed by atoms with E-state index in [-0.39, 0.29) is 0 Å². The minimum Gasteiger partial charge on any atom is -0.493 e. The number of carboxylic acids is 1. The molecule has 2 aromatic carbocycles. The summed E-state index contributed by atoms with van der Waals surface area (Å²) in [6.45, 7) is 1.44. The van der Waals surface area contributed by atoms with Crippen molar-refractivity contribution in [3.63, 3.8) is 0 Å². The summed E-state index contributed by atoms with van der Waals surface area (Å²) in [6, 6.07) is 14.7. The molecule has 7 heteroatoms. The number of aromatic amines is 1. The minimum atomic E-state index is -1.07. The van der Waals surface area contributed by atoms with Crippen LogP contribution < -0.4 is 9.47 Å². The van der Waals surface area contributed by atoms with E-state index in [2.05, 4.69) is 16.0 Å². The number of nitrogens with one attached hydrogen (secondary N) is 1. The zero-order chi connectivity index (χ0) is 19.4. The molecule has 1 atom stereocenters. The van der Waals surface area contributed by atoms with E-state index in [0.717, 1.165) is 11.0 Å². The number of aromatic nitrogens is 2. The molecule has 1 aromatic heterocycles. The number of carbonyl (C=O) groups is 1. The first-order valence-electron chi connectivity index (χ1n) is 8.16. The Kier molecular flexibility index (Phi) is 5.08. The number of allylic oxidation sites excluding steroid dienone is 1. The van der Waals surface area contributed by atoms with Gasteiger partial charge >= 0.3 is 5.97 Å². The number of hydrogen-bond acceptors (Lipinski definition) is 5. The first kappa shape index (κ1) is 18.0. The van der Waals surface area contributed by atoms with Gasteiger partial charge in [-0.15, -0.1) is 0 Å². The molecule has 0 aliphatic heterocycles. The van der Waals surface area contributed by atoms with E-state index in [4.69, 9.17) is 14.6 Å². The van der Waals surface area contributed by atoms with Gasteiger partial charge in [-0.25, -0.2) is 9.78 Å². The van der Waals surface area contributed by atoms with E-state index in [0.29, 0.717) is 28.5 Å². The van der Waals surface area contributed by atoms with Crippen molar-refractivity contribution < 1.29 is 19.4 Å². The largest absolute Gasteiger partial charge is 0.493 e. The predicted octanol–water partition coefficient (Wildman–Crippen LogP) is 3.49. The van der Waals surface area contributed by atoms with Crippen LogP contribution in [0.3, 0.4) is 0 Å². The van der Waals surface area contributed by atoms with Crippen molar-refractivity contribution in [2.45, 2.75) is 13.0 Å². The number of nitrogens with zero attached hydrogens (tertiary/aromatic N) is 2. The summed E-state index contributed by atoms with van der Waals surface area (Å²) in [5, 5.41) is 18.5. The molecule has 1 unspecified atom stereocenters. The molecule has 3 aromatic rings. The third-order valence-electron chi connectivity index (χ3n) is 3.92. The number of methoxy groups -OCH3 is 1. The van der Waals surface area contributed by atoms with Crippen molar-refractivity contribution >= 4 is 28.7 Å². The van der Waals surface area contributed by atoms with Gasteiger partial charge in [0, 0.05) is 0 Å². The molecule has 0 saturated heterocycles. The summed E-state index contributed by atoms with van der Waals surface area (Å²) < 4.78 is 10.7. The van der Waals surface area contributed by atoms with E-state index in [1.807, 2.05) is 24.3 Å². The molecule has 1 heterocycles. The summed E-state index contributed by atoms with van der Waals surface area (Å²) in [5.41, 5.74) is 2.68. The summed E-state index contributed by atoms with van der Waals surface area (Å²) in [5.74, 6) is 0.0840. The van der Waals surface area contributed by atoms with Gasteiger partial charge in [0.15, 0.2) is 17.6 Å². The number of para-hydroxylation sites is 2. The summed E-state index contributed by atoms with van der Waals surface area (Å²) in [7, 11) is 1.46. The average molecular weight is 363 g/mol. The topological polar surface area (TPSA) is 108 Å². The summed E-state index contributed by atoms with van der Waals surface area (Å²) in [6.07, 6.45) is 0.662. The highest BCUT2D eigenvalue weighted by Gasteiger charge is 2.16. The van der Waals surface area contributed by atoms with Gasteiger partial charge < -0.3 is 19.6 Å². The highest BCUT2D eigenvalue weighted by Crippen LogP contribution is 2.30. The molecule has 0 spiro atoms.